The third-order valence-corrected chi connectivity index (χ3v) is 6.26. The molecule has 7 rings (SSSR count). The highest BCUT2D eigenvalue weighted by Gasteiger charge is 2.32. The molecule has 0 spiro atoms. The molecule has 2 atom stereocenters. The number of aromatic amines is 1. The maximum atomic E-state index is 5.10. The molecule has 1 aliphatic carbocycles. The molecule has 0 saturated carbocycles. The van der Waals surface area contributed by atoms with Crippen LogP contribution in [0.4, 0.5) is 0 Å². The highest BCUT2D eigenvalue weighted by Crippen LogP contribution is 2.48. The number of nitrogens with zero attached hydrogens (tertiary/aromatic N) is 2. The lowest BCUT2D eigenvalue weighted by atomic mass is 9.86. The molecule has 0 amide bonds. The van der Waals surface area contributed by atoms with Crippen molar-refractivity contribution < 1.29 is 0 Å². The second kappa shape index (κ2) is 5.02. The number of H-pyrrole nitrogens is 1. The Balaban J connectivity index is 1.75. The second-order valence-electron chi connectivity index (χ2n) is 7.71. The molecule has 0 saturated heterocycles. The van der Waals surface area contributed by atoms with Gasteiger partial charge >= 0.3 is 0 Å². The number of benzene rings is 3. The fourth-order valence-electron chi connectivity index (χ4n) is 5.13. The van der Waals surface area contributed by atoms with Crippen molar-refractivity contribution in [3.63, 3.8) is 0 Å². The third-order valence-electron chi connectivity index (χ3n) is 6.26. The third kappa shape index (κ3) is 1.67. The summed E-state index contributed by atoms with van der Waals surface area (Å²) in [5.74, 6) is 1.33. The monoisotopic (exact) mass is 359 g/mol. The van der Waals surface area contributed by atoms with E-state index < -0.39 is 0 Å². The number of fused-ring (bicyclic) bond motifs is 3. The van der Waals surface area contributed by atoms with E-state index in [4.69, 9.17) is 4.98 Å². The number of hydrogen-bond donors (Lipinski definition) is 1. The van der Waals surface area contributed by atoms with Crippen LogP contribution in [0.25, 0.3) is 44.2 Å². The molecule has 3 aromatic carbocycles. The average Bonchev–Trinajstić information content (AvgIpc) is 3.28. The van der Waals surface area contributed by atoms with Crippen LogP contribution < -0.4 is 0 Å². The van der Waals surface area contributed by atoms with Gasteiger partial charge in [0, 0.05) is 33.3 Å². The molecule has 3 heteroatoms. The SMILES string of the molecule is C1=CC2c3cccc4[nH]c5ccc6nc(-c7ccccc7)n(c6c5c34)C2C=C1. The van der Waals surface area contributed by atoms with E-state index in [9.17, 15) is 0 Å². The molecule has 132 valence electrons. The van der Waals surface area contributed by atoms with Gasteiger partial charge in [-0.3, -0.25) is 0 Å². The van der Waals surface area contributed by atoms with Crippen molar-refractivity contribution >= 4 is 32.8 Å². The Morgan fingerprint density at radius 1 is 0.786 bits per heavy atom. The molecule has 3 nitrogen and oxygen atoms in total. The Bertz CT molecular complexity index is 1460. The minimum Gasteiger partial charge on any atom is -0.354 e. The van der Waals surface area contributed by atoms with Crippen molar-refractivity contribution in [1.29, 1.82) is 0 Å². The zero-order valence-electron chi connectivity index (χ0n) is 15.1. The lowest BCUT2D eigenvalue weighted by Gasteiger charge is -2.27. The first-order valence-electron chi connectivity index (χ1n) is 9.76. The Labute approximate surface area is 161 Å². The zero-order valence-corrected chi connectivity index (χ0v) is 15.1. The van der Waals surface area contributed by atoms with E-state index in [1.54, 1.807) is 0 Å². The minimum atomic E-state index is 0.216. The van der Waals surface area contributed by atoms with Gasteiger partial charge in [-0.15, -0.1) is 0 Å². The molecule has 3 heterocycles. The summed E-state index contributed by atoms with van der Waals surface area (Å²) in [6, 6.07) is 21.7. The molecule has 0 radical (unpaired) electrons. The Hall–Kier alpha value is -3.59. The van der Waals surface area contributed by atoms with Gasteiger partial charge in [0.05, 0.1) is 17.1 Å². The van der Waals surface area contributed by atoms with Gasteiger partial charge in [-0.25, -0.2) is 4.98 Å². The summed E-state index contributed by atoms with van der Waals surface area (Å²) in [7, 11) is 0. The molecule has 0 fully saturated rings. The molecule has 2 unspecified atom stereocenters. The van der Waals surface area contributed by atoms with Crippen LogP contribution in [0.2, 0.25) is 0 Å². The number of rotatable bonds is 1. The Morgan fingerprint density at radius 2 is 1.64 bits per heavy atom. The van der Waals surface area contributed by atoms with Crippen molar-refractivity contribution in [2.24, 2.45) is 0 Å². The van der Waals surface area contributed by atoms with Gasteiger partial charge in [0.1, 0.15) is 5.82 Å². The molecule has 1 aliphatic heterocycles. The minimum absolute atomic E-state index is 0.216. The largest absolute Gasteiger partial charge is 0.354 e. The molecule has 5 aromatic rings. The first-order chi connectivity index (χ1) is 13.9. The summed E-state index contributed by atoms with van der Waals surface area (Å²) >= 11 is 0. The van der Waals surface area contributed by atoms with Gasteiger partial charge in [-0.05, 0) is 23.8 Å². The quantitative estimate of drug-likeness (QED) is 0.385. The predicted octanol–water partition coefficient (Wildman–Crippen LogP) is 6.10. The van der Waals surface area contributed by atoms with Gasteiger partial charge in [-0.1, -0.05) is 66.8 Å². The van der Waals surface area contributed by atoms with Crippen molar-refractivity contribution in [1.82, 2.24) is 14.5 Å². The van der Waals surface area contributed by atoms with Crippen LogP contribution in [0.15, 0.2) is 85.0 Å². The fraction of sp³-hybridized carbons (Fsp3) is 0.0800. The van der Waals surface area contributed by atoms with Crippen molar-refractivity contribution in [3.8, 4) is 11.4 Å². The maximum absolute atomic E-state index is 5.10. The van der Waals surface area contributed by atoms with Gasteiger partial charge in [-0.2, -0.15) is 0 Å². The van der Waals surface area contributed by atoms with E-state index in [2.05, 4.69) is 94.5 Å². The van der Waals surface area contributed by atoms with Crippen LogP contribution in [0.3, 0.4) is 0 Å². The van der Waals surface area contributed by atoms with E-state index in [0.29, 0.717) is 5.92 Å². The van der Waals surface area contributed by atoms with Crippen LogP contribution in [0.5, 0.6) is 0 Å². The van der Waals surface area contributed by atoms with Crippen molar-refractivity contribution in [3.05, 3.63) is 90.5 Å². The van der Waals surface area contributed by atoms with E-state index in [1.165, 1.54) is 32.9 Å². The molecule has 2 aliphatic rings. The number of allylic oxidation sites excluding steroid dienone is 4. The Morgan fingerprint density at radius 3 is 2.57 bits per heavy atom. The second-order valence-corrected chi connectivity index (χ2v) is 7.71. The van der Waals surface area contributed by atoms with Crippen molar-refractivity contribution in [2.45, 2.75) is 12.0 Å². The van der Waals surface area contributed by atoms with Crippen LogP contribution >= 0.6 is 0 Å². The molecule has 1 N–H and O–H groups in total. The smallest absolute Gasteiger partial charge is 0.141 e. The number of imidazole rings is 1. The summed E-state index contributed by atoms with van der Waals surface area (Å²) in [4.78, 5) is 8.74. The summed E-state index contributed by atoms with van der Waals surface area (Å²) in [6.07, 6.45) is 9.01. The lowest BCUT2D eigenvalue weighted by Crippen LogP contribution is -2.16. The molecule has 0 bridgehead atoms. The lowest BCUT2D eigenvalue weighted by molar-refractivity contribution is 0.568. The van der Waals surface area contributed by atoms with Gasteiger partial charge in [0.25, 0.3) is 0 Å². The van der Waals surface area contributed by atoms with Crippen LogP contribution in [-0.4, -0.2) is 14.5 Å². The van der Waals surface area contributed by atoms with E-state index in [1.807, 2.05) is 0 Å². The van der Waals surface area contributed by atoms with Gasteiger partial charge in [0.15, 0.2) is 0 Å². The summed E-state index contributed by atoms with van der Waals surface area (Å²) in [5.41, 5.74) is 7.24. The summed E-state index contributed by atoms with van der Waals surface area (Å²) in [6.45, 7) is 0. The standard InChI is InChI=1S/C25H17N3/c1-2-7-15(8-3-1)25-27-20-14-13-19-23-22-17(10-6-11-18(22)26-19)16-9-4-5-12-21(16)28(25)24(20)23/h1-14,16,21,26H. The van der Waals surface area contributed by atoms with Gasteiger partial charge in [0.2, 0.25) is 0 Å². The topological polar surface area (TPSA) is 33.6 Å². The first kappa shape index (κ1) is 14.5. The summed E-state index contributed by atoms with van der Waals surface area (Å²) in [5, 5.41) is 2.64. The molecular formula is C25H17N3. The molecule has 28 heavy (non-hydrogen) atoms. The number of hydrogen-bond acceptors (Lipinski definition) is 1. The van der Waals surface area contributed by atoms with Crippen molar-refractivity contribution in [2.75, 3.05) is 0 Å². The van der Waals surface area contributed by atoms with Crippen LogP contribution in [0, 0.1) is 0 Å². The van der Waals surface area contributed by atoms with Crippen LogP contribution in [0.1, 0.15) is 17.5 Å². The van der Waals surface area contributed by atoms with E-state index in [0.717, 1.165) is 16.9 Å². The molecule has 2 aromatic heterocycles. The van der Waals surface area contributed by atoms with Gasteiger partial charge < -0.3 is 9.55 Å². The highest BCUT2D eigenvalue weighted by molar-refractivity contribution is 6.20. The molecular weight excluding hydrogens is 342 g/mol. The zero-order chi connectivity index (χ0) is 18.2. The normalized spacial score (nSPS) is 19.9. The highest BCUT2D eigenvalue weighted by atomic mass is 15.1. The fourth-order valence-corrected chi connectivity index (χ4v) is 5.13. The van der Waals surface area contributed by atoms with E-state index in [-0.39, 0.29) is 6.04 Å². The number of nitrogens with one attached hydrogen (secondary N) is 1. The van der Waals surface area contributed by atoms with E-state index >= 15 is 0 Å². The number of aromatic nitrogens is 3. The Kier molecular flexibility index (Phi) is 2.59. The first-order valence-corrected chi connectivity index (χ1v) is 9.76. The summed E-state index contributed by atoms with van der Waals surface area (Å²) < 4.78 is 2.46. The average molecular weight is 359 g/mol. The van der Waals surface area contributed by atoms with Crippen LogP contribution in [-0.2, 0) is 0 Å². The predicted molar refractivity (Wildman–Crippen MR) is 115 cm³/mol. The maximum Gasteiger partial charge on any atom is 0.141 e.